The molecule has 0 fully saturated rings. The fourth-order valence-corrected chi connectivity index (χ4v) is 3.69. The molecular weight excluding hydrogens is 633 g/mol. The van der Waals surface area contributed by atoms with Gasteiger partial charge < -0.3 is 20.2 Å². The fraction of sp³-hybridized carbons (Fsp3) is 0.100. The van der Waals surface area contributed by atoms with E-state index in [0.29, 0.717) is 0 Å². The molecule has 38 heavy (non-hydrogen) atoms. The van der Waals surface area contributed by atoms with E-state index in [9.17, 15) is 32.9 Å². The zero-order valence-electron chi connectivity index (χ0n) is 18.0. The van der Waals surface area contributed by atoms with Crippen molar-refractivity contribution in [1.29, 1.82) is 5.26 Å². The SMILES string of the molecule is N#Cc1cc(Cl)cc(Oc2c(Cl)ccc(CNC(=O)c3nn(OC(=O)C(F)(F)F)c([N+](=O)[O-])c3Br)c2F)c1. The third-order valence-corrected chi connectivity index (χ3v) is 5.60. The minimum Gasteiger partial charge on any atom is -0.453 e. The van der Waals surface area contributed by atoms with Gasteiger partial charge in [-0.25, -0.2) is 14.0 Å². The van der Waals surface area contributed by atoms with Crippen LogP contribution in [0.15, 0.2) is 34.8 Å². The molecule has 0 unspecified atom stereocenters. The van der Waals surface area contributed by atoms with Gasteiger partial charge in [0.05, 0.1) is 21.5 Å². The van der Waals surface area contributed by atoms with Gasteiger partial charge in [0.25, 0.3) is 5.91 Å². The molecule has 2 aromatic carbocycles. The van der Waals surface area contributed by atoms with E-state index in [0.717, 1.165) is 0 Å². The fourth-order valence-electron chi connectivity index (χ4n) is 2.73. The molecule has 1 amide bonds. The Morgan fingerprint density at radius 3 is 2.55 bits per heavy atom. The number of nitrogens with one attached hydrogen (secondary N) is 1. The molecule has 0 aliphatic rings. The molecule has 0 aliphatic heterocycles. The lowest BCUT2D eigenvalue weighted by Crippen LogP contribution is -2.34. The first kappa shape index (κ1) is 28.6. The molecule has 0 saturated heterocycles. The van der Waals surface area contributed by atoms with Gasteiger partial charge in [-0.1, -0.05) is 29.3 Å². The van der Waals surface area contributed by atoms with E-state index in [-0.39, 0.29) is 31.8 Å². The molecule has 198 valence electrons. The maximum Gasteiger partial charge on any atom is 0.496 e. The summed E-state index contributed by atoms with van der Waals surface area (Å²) in [5.41, 5.74) is -0.929. The molecule has 0 radical (unpaired) electrons. The van der Waals surface area contributed by atoms with E-state index in [1.165, 1.54) is 30.3 Å². The molecule has 0 aliphatic carbocycles. The minimum atomic E-state index is -5.51. The number of hydrogen-bond donors (Lipinski definition) is 1. The summed E-state index contributed by atoms with van der Waals surface area (Å²) in [6, 6.07) is 8.14. The molecule has 11 nitrogen and oxygen atoms in total. The molecular formula is C20H8BrCl2F4N5O6. The average Bonchev–Trinajstić information content (AvgIpc) is 3.15. The van der Waals surface area contributed by atoms with Crippen molar-refractivity contribution in [3.63, 3.8) is 0 Å². The lowest BCUT2D eigenvalue weighted by Gasteiger charge is -2.13. The quantitative estimate of drug-likeness (QED) is 0.213. The van der Waals surface area contributed by atoms with Gasteiger partial charge in [-0.2, -0.15) is 18.4 Å². The van der Waals surface area contributed by atoms with E-state index in [4.69, 9.17) is 33.2 Å². The minimum absolute atomic E-state index is 0.0220. The number of carbonyl (C=O) groups excluding carboxylic acids is 2. The average molecular weight is 641 g/mol. The molecule has 0 spiro atoms. The van der Waals surface area contributed by atoms with Gasteiger partial charge in [0.2, 0.25) is 0 Å². The van der Waals surface area contributed by atoms with Crippen molar-refractivity contribution in [2.45, 2.75) is 12.7 Å². The topological polar surface area (TPSA) is 149 Å². The summed E-state index contributed by atoms with van der Waals surface area (Å²) >= 11 is 14.6. The first-order valence-electron chi connectivity index (χ1n) is 9.59. The Morgan fingerprint density at radius 2 is 1.95 bits per heavy atom. The second-order valence-corrected chi connectivity index (χ2v) is 8.55. The molecule has 3 rings (SSSR count). The van der Waals surface area contributed by atoms with Crippen LogP contribution in [0.2, 0.25) is 10.0 Å². The number of nitriles is 1. The highest BCUT2D eigenvalue weighted by Gasteiger charge is 2.45. The molecule has 1 N–H and O–H groups in total. The maximum absolute atomic E-state index is 15.1. The lowest BCUT2D eigenvalue weighted by atomic mass is 10.2. The van der Waals surface area contributed by atoms with Crippen LogP contribution in [-0.2, 0) is 11.3 Å². The standard InChI is InChI=1S/C20H8BrCl2F4N5O6/c21-13-15(30-31(18(13)32(35)36)38-19(34)20(25,26)27)17(33)29-7-9-1-2-12(23)16(14(9)24)37-11-4-8(6-28)3-10(22)5-11/h1-5H,7H2,(H,29,33). The Morgan fingerprint density at radius 1 is 1.26 bits per heavy atom. The van der Waals surface area contributed by atoms with Crippen LogP contribution in [0.5, 0.6) is 11.5 Å². The number of nitrogens with zero attached hydrogens (tertiary/aromatic N) is 4. The summed E-state index contributed by atoms with van der Waals surface area (Å²) in [5.74, 6) is -6.88. The number of alkyl halides is 3. The van der Waals surface area contributed by atoms with Gasteiger partial charge in [0.15, 0.2) is 21.7 Å². The number of hydrogen-bond acceptors (Lipinski definition) is 8. The summed E-state index contributed by atoms with van der Waals surface area (Å²) < 4.78 is 57.3. The molecule has 1 heterocycles. The van der Waals surface area contributed by atoms with Gasteiger partial charge in [-0.05, 0) is 50.2 Å². The highest BCUT2D eigenvalue weighted by molar-refractivity contribution is 9.10. The van der Waals surface area contributed by atoms with Crippen LogP contribution in [0.4, 0.5) is 23.4 Å². The summed E-state index contributed by atoms with van der Waals surface area (Å²) in [6.45, 7) is -0.577. The zero-order valence-corrected chi connectivity index (χ0v) is 21.1. The van der Waals surface area contributed by atoms with Crippen LogP contribution in [0.25, 0.3) is 0 Å². The Hall–Kier alpha value is -3.94. The predicted molar refractivity (Wildman–Crippen MR) is 123 cm³/mol. The Balaban J connectivity index is 1.85. The number of ether oxygens (including phenoxy) is 1. The molecule has 0 saturated carbocycles. The summed E-state index contributed by atoms with van der Waals surface area (Å²) in [7, 11) is 0. The summed E-state index contributed by atoms with van der Waals surface area (Å²) in [5, 5.41) is 25.6. The molecule has 3 aromatic rings. The van der Waals surface area contributed by atoms with Crippen LogP contribution < -0.4 is 14.9 Å². The first-order chi connectivity index (χ1) is 17.7. The van der Waals surface area contributed by atoms with Gasteiger partial charge in [0, 0.05) is 17.1 Å². The Bertz CT molecular complexity index is 1510. The van der Waals surface area contributed by atoms with Crippen LogP contribution >= 0.6 is 39.1 Å². The highest BCUT2D eigenvalue weighted by atomic mass is 79.9. The lowest BCUT2D eigenvalue weighted by molar-refractivity contribution is -0.398. The number of amides is 1. The van der Waals surface area contributed by atoms with E-state index in [2.05, 4.69) is 31.2 Å². The number of benzene rings is 2. The third-order valence-electron chi connectivity index (χ3n) is 4.35. The second kappa shape index (κ2) is 11.2. The van der Waals surface area contributed by atoms with Crippen molar-refractivity contribution >= 4 is 56.8 Å². The van der Waals surface area contributed by atoms with E-state index < -0.39 is 57.1 Å². The maximum atomic E-state index is 15.1. The Kier molecular flexibility index (Phi) is 8.44. The van der Waals surface area contributed by atoms with Crippen molar-refractivity contribution in [2.75, 3.05) is 0 Å². The number of aromatic nitrogens is 2. The third kappa shape index (κ3) is 6.30. The van der Waals surface area contributed by atoms with Crippen molar-refractivity contribution in [3.05, 3.63) is 77.6 Å². The first-order valence-corrected chi connectivity index (χ1v) is 11.1. The van der Waals surface area contributed by atoms with Gasteiger partial charge in [0.1, 0.15) is 5.75 Å². The number of halogens is 7. The highest BCUT2D eigenvalue weighted by Crippen LogP contribution is 2.35. The molecule has 0 atom stereocenters. The molecule has 1 aromatic heterocycles. The van der Waals surface area contributed by atoms with E-state index in [1.807, 2.05) is 6.07 Å². The zero-order chi connectivity index (χ0) is 28.4. The number of rotatable bonds is 7. The van der Waals surface area contributed by atoms with Crippen LogP contribution in [-0.4, -0.2) is 32.9 Å². The van der Waals surface area contributed by atoms with Crippen LogP contribution in [0.3, 0.4) is 0 Å². The van der Waals surface area contributed by atoms with Gasteiger partial charge in [-0.3, -0.25) is 4.79 Å². The summed E-state index contributed by atoms with van der Waals surface area (Å²) in [6.07, 6.45) is -5.51. The monoisotopic (exact) mass is 639 g/mol. The van der Waals surface area contributed by atoms with Crippen LogP contribution in [0, 0.1) is 27.3 Å². The Labute approximate surface area is 226 Å². The van der Waals surface area contributed by atoms with Crippen molar-refractivity contribution < 1.29 is 41.6 Å². The molecule has 0 bridgehead atoms. The number of nitro groups is 1. The number of carbonyl (C=O) groups is 2. The van der Waals surface area contributed by atoms with E-state index in [1.54, 1.807) is 0 Å². The predicted octanol–water partition coefficient (Wildman–Crippen LogP) is 5.11. The van der Waals surface area contributed by atoms with Crippen LogP contribution in [0.1, 0.15) is 21.6 Å². The normalized spacial score (nSPS) is 11.0. The van der Waals surface area contributed by atoms with E-state index >= 15 is 4.39 Å². The largest absolute Gasteiger partial charge is 0.496 e. The van der Waals surface area contributed by atoms with Crippen molar-refractivity contribution in [3.8, 4) is 17.6 Å². The second-order valence-electron chi connectivity index (χ2n) is 6.91. The van der Waals surface area contributed by atoms with Crippen molar-refractivity contribution in [2.24, 2.45) is 0 Å². The van der Waals surface area contributed by atoms with Crippen molar-refractivity contribution in [1.82, 2.24) is 15.3 Å². The summed E-state index contributed by atoms with van der Waals surface area (Å²) in [4.78, 5) is 37.0. The smallest absolute Gasteiger partial charge is 0.453 e. The van der Waals surface area contributed by atoms with Gasteiger partial charge >= 0.3 is 18.0 Å². The van der Waals surface area contributed by atoms with Gasteiger partial charge in [-0.15, -0.1) is 0 Å². The molecule has 18 heteroatoms.